The fourth-order valence-electron chi connectivity index (χ4n) is 2.17. The van der Waals surface area contributed by atoms with E-state index in [1.807, 2.05) is 0 Å². The van der Waals surface area contributed by atoms with Crippen LogP contribution in [0.5, 0.6) is 0 Å². The average molecular weight is 300 g/mol. The lowest BCUT2D eigenvalue weighted by Gasteiger charge is -2.16. The Bertz CT molecular complexity index is 616. The topological polar surface area (TPSA) is 75.3 Å². The first-order chi connectivity index (χ1) is 9.40. The third kappa shape index (κ3) is 3.34. The second-order valence-electron chi connectivity index (χ2n) is 4.87. The average Bonchev–Trinajstić information content (AvgIpc) is 2.57. The van der Waals surface area contributed by atoms with Gasteiger partial charge in [-0.05, 0) is 43.9 Å². The van der Waals surface area contributed by atoms with E-state index in [0.717, 1.165) is 18.9 Å². The van der Waals surface area contributed by atoms with Gasteiger partial charge < -0.3 is 5.32 Å². The Morgan fingerprint density at radius 2 is 2.10 bits per heavy atom. The molecule has 2 N–H and O–H groups in total. The molecule has 0 aromatic heterocycles. The maximum absolute atomic E-state index is 13.2. The van der Waals surface area contributed by atoms with Crippen LogP contribution in [0.15, 0.2) is 23.1 Å². The zero-order chi connectivity index (χ0) is 14.8. The Labute approximate surface area is 117 Å². The van der Waals surface area contributed by atoms with E-state index in [9.17, 15) is 17.6 Å². The highest BCUT2D eigenvalue weighted by Crippen LogP contribution is 2.18. The number of benzene rings is 1. The molecule has 1 aromatic rings. The summed E-state index contributed by atoms with van der Waals surface area (Å²) in [5, 5.41) is 2.65. The number of nitrogens with one attached hydrogen (secondary N) is 2. The number of carbonyl (C=O) groups excluding carboxylic acids is 1. The van der Waals surface area contributed by atoms with Gasteiger partial charge in [0.15, 0.2) is 0 Å². The summed E-state index contributed by atoms with van der Waals surface area (Å²) in [5.41, 5.74) is 0.438. The van der Waals surface area contributed by atoms with Crippen LogP contribution in [0.25, 0.3) is 0 Å². The molecule has 1 fully saturated rings. The van der Waals surface area contributed by atoms with Crippen LogP contribution in [0.3, 0.4) is 0 Å². The number of rotatable bonds is 3. The van der Waals surface area contributed by atoms with Crippen LogP contribution < -0.4 is 10.0 Å². The Kier molecular flexibility index (Phi) is 4.39. The minimum atomic E-state index is -3.91. The van der Waals surface area contributed by atoms with Gasteiger partial charge in [0.25, 0.3) is 0 Å². The highest BCUT2D eigenvalue weighted by molar-refractivity contribution is 7.89. The number of carbonyl (C=O) groups is 1. The SMILES string of the molecule is Cc1ccc(F)cc1S(=O)(=O)N[C@@H]1CCCCNC1=O. The molecule has 1 amide bonds. The van der Waals surface area contributed by atoms with Gasteiger partial charge in [-0.15, -0.1) is 0 Å². The fraction of sp³-hybridized carbons (Fsp3) is 0.462. The summed E-state index contributed by atoms with van der Waals surface area (Å²) >= 11 is 0. The van der Waals surface area contributed by atoms with Crippen molar-refractivity contribution in [3.05, 3.63) is 29.6 Å². The van der Waals surface area contributed by atoms with Crippen LogP contribution in [0.4, 0.5) is 4.39 Å². The van der Waals surface area contributed by atoms with E-state index in [1.165, 1.54) is 12.1 Å². The number of halogens is 1. The Balaban J connectivity index is 2.26. The van der Waals surface area contributed by atoms with Gasteiger partial charge in [-0.3, -0.25) is 4.79 Å². The predicted molar refractivity (Wildman–Crippen MR) is 72.1 cm³/mol. The summed E-state index contributed by atoms with van der Waals surface area (Å²) in [5.74, 6) is -0.957. The minimum Gasteiger partial charge on any atom is -0.355 e. The van der Waals surface area contributed by atoms with Crippen molar-refractivity contribution >= 4 is 15.9 Å². The van der Waals surface area contributed by atoms with E-state index in [0.29, 0.717) is 18.5 Å². The first-order valence-electron chi connectivity index (χ1n) is 6.46. The second kappa shape index (κ2) is 5.88. The lowest BCUT2D eigenvalue weighted by molar-refractivity contribution is -0.122. The van der Waals surface area contributed by atoms with Crippen molar-refractivity contribution in [2.24, 2.45) is 0 Å². The van der Waals surface area contributed by atoms with Gasteiger partial charge in [-0.25, -0.2) is 12.8 Å². The Morgan fingerprint density at radius 3 is 2.85 bits per heavy atom. The molecule has 1 aliphatic rings. The second-order valence-corrected chi connectivity index (χ2v) is 6.55. The minimum absolute atomic E-state index is 0.130. The van der Waals surface area contributed by atoms with Crippen LogP contribution in [0, 0.1) is 12.7 Å². The van der Waals surface area contributed by atoms with Crippen molar-refractivity contribution < 1.29 is 17.6 Å². The molecule has 1 aromatic carbocycles. The zero-order valence-electron chi connectivity index (χ0n) is 11.1. The quantitative estimate of drug-likeness (QED) is 0.877. The molecule has 7 heteroatoms. The van der Waals surface area contributed by atoms with Crippen molar-refractivity contribution in [3.63, 3.8) is 0 Å². The van der Waals surface area contributed by atoms with Crippen LogP contribution in [0.2, 0.25) is 0 Å². The molecular weight excluding hydrogens is 283 g/mol. The number of amides is 1. The number of sulfonamides is 1. The van der Waals surface area contributed by atoms with E-state index in [4.69, 9.17) is 0 Å². The van der Waals surface area contributed by atoms with Gasteiger partial charge in [0.2, 0.25) is 15.9 Å². The molecule has 0 bridgehead atoms. The fourth-order valence-corrected chi connectivity index (χ4v) is 3.65. The monoisotopic (exact) mass is 300 g/mol. The summed E-state index contributed by atoms with van der Waals surface area (Å²) in [6.45, 7) is 2.14. The third-order valence-corrected chi connectivity index (χ3v) is 4.89. The molecule has 0 unspecified atom stereocenters. The van der Waals surface area contributed by atoms with E-state index in [1.54, 1.807) is 6.92 Å². The zero-order valence-corrected chi connectivity index (χ0v) is 12.0. The van der Waals surface area contributed by atoms with Crippen molar-refractivity contribution in [1.82, 2.24) is 10.0 Å². The normalized spacial score (nSPS) is 20.3. The van der Waals surface area contributed by atoms with Crippen molar-refractivity contribution in [1.29, 1.82) is 0 Å². The molecule has 0 saturated carbocycles. The van der Waals surface area contributed by atoms with E-state index < -0.39 is 21.9 Å². The molecule has 1 aliphatic heterocycles. The largest absolute Gasteiger partial charge is 0.355 e. The predicted octanol–water partition coefficient (Wildman–Crippen LogP) is 1.08. The summed E-state index contributed by atoms with van der Waals surface area (Å²) in [6, 6.07) is 2.76. The van der Waals surface area contributed by atoms with Gasteiger partial charge in [-0.1, -0.05) is 6.07 Å². The molecule has 0 aliphatic carbocycles. The van der Waals surface area contributed by atoms with E-state index in [-0.39, 0.29) is 10.8 Å². The highest BCUT2D eigenvalue weighted by Gasteiger charge is 2.27. The molecule has 20 heavy (non-hydrogen) atoms. The van der Waals surface area contributed by atoms with Gasteiger partial charge >= 0.3 is 0 Å². The standard InChI is InChI=1S/C13H17FN2O3S/c1-9-5-6-10(14)8-12(9)20(18,19)16-11-4-2-3-7-15-13(11)17/h5-6,8,11,16H,2-4,7H2,1H3,(H,15,17)/t11-/m1/s1. The summed E-state index contributed by atoms with van der Waals surface area (Å²) in [4.78, 5) is 11.6. The highest BCUT2D eigenvalue weighted by atomic mass is 32.2. The maximum atomic E-state index is 13.2. The van der Waals surface area contributed by atoms with E-state index in [2.05, 4.69) is 10.0 Å². The third-order valence-electron chi connectivity index (χ3n) is 3.27. The lowest BCUT2D eigenvalue weighted by atomic mass is 10.1. The van der Waals surface area contributed by atoms with Gasteiger partial charge in [0.1, 0.15) is 11.9 Å². The summed E-state index contributed by atoms with van der Waals surface area (Å²) in [6.07, 6.45) is 2.02. The molecule has 2 rings (SSSR count). The van der Waals surface area contributed by atoms with Crippen molar-refractivity contribution in [3.8, 4) is 0 Å². The van der Waals surface area contributed by atoms with Crippen LogP contribution in [0.1, 0.15) is 24.8 Å². The number of aryl methyl sites for hydroxylation is 1. The van der Waals surface area contributed by atoms with Crippen LogP contribution in [-0.2, 0) is 14.8 Å². The van der Waals surface area contributed by atoms with Crippen LogP contribution >= 0.6 is 0 Å². The smallest absolute Gasteiger partial charge is 0.241 e. The molecule has 1 heterocycles. The van der Waals surface area contributed by atoms with Gasteiger partial charge in [0, 0.05) is 6.54 Å². The first kappa shape index (κ1) is 14.9. The molecule has 5 nitrogen and oxygen atoms in total. The molecular formula is C13H17FN2O3S. The Hall–Kier alpha value is -1.47. The molecule has 110 valence electrons. The van der Waals surface area contributed by atoms with Gasteiger partial charge in [-0.2, -0.15) is 4.72 Å². The number of hydrogen-bond acceptors (Lipinski definition) is 3. The van der Waals surface area contributed by atoms with Gasteiger partial charge in [0.05, 0.1) is 4.90 Å². The Morgan fingerprint density at radius 1 is 1.35 bits per heavy atom. The first-order valence-corrected chi connectivity index (χ1v) is 7.95. The number of hydrogen-bond donors (Lipinski definition) is 2. The van der Waals surface area contributed by atoms with Crippen molar-refractivity contribution in [2.45, 2.75) is 37.1 Å². The summed E-state index contributed by atoms with van der Waals surface area (Å²) in [7, 11) is -3.91. The lowest BCUT2D eigenvalue weighted by Crippen LogP contribution is -2.45. The van der Waals surface area contributed by atoms with Crippen LogP contribution in [-0.4, -0.2) is 26.9 Å². The summed E-state index contributed by atoms with van der Waals surface area (Å²) < 4.78 is 40.1. The molecule has 1 saturated heterocycles. The molecule has 0 radical (unpaired) electrons. The maximum Gasteiger partial charge on any atom is 0.241 e. The van der Waals surface area contributed by atoms with Crippen molar-refractivity contribution in [2.75, 3.05) is 6.54 Å². The van der Waals surface area contributed by atoms with E-state index >= 15 is 0 Å². The molecule has 0 spiro atoms. The molecule has 1 atom stereocenters.